The summed E-state index contributed by atoms with van der Waals surface area (Å²) in [5, 5.41) is 0. The van der Waals surface area contributed by atoms with Gasteiger partial charge in [0.1, 0.15) is 13.2 Å². The maximum absolute atomic E-state index is 13.0. The molecule has 6 nitrogen and oxygen atoms in total. The second-order valence-electron chi connectivity index (χ2n) is 22.7. The lowest BCUT2D eigenvalue weighted by atomic mass is 10.0. The maximum atomic E-state index is 13.0. The van der Waals surface area contributed by atoms with Crippen LogP contribution in [0, 0.1) is 0 Å². The molecule has 0 aliphatic rings. The van der Waals surface area contributed by atoms with E-state index < -0.39 is 6.10 Å². The summed E-state index contributed by atoms with van der Waals surface area (Å²) in [6, 6.07) is 0. The topological polar surface area (TPSA) is 78.9 Å². The van der Waals surface area contributed by atoms with Crippen LogP contribution in [0.15, 0.2) is 109 Å². The predicted molar refractivity (Wildman–Crippen MR) is 353 cm³/mol. The van der Waals surface area contributed by atoms with E-state index in [-0.39, 0.29) is 31.1 Å². The normalized spacial score (nSPS) is 12.8. The lowest BCUT2D eigenvalue weighted by molar-refractivity contribution is -0.167. The van der Waals surface area contributed by atoms with Gasteiger partial charge in [0, 0.05) is 19.3 Å². The quantitative estimate of drug-likeness (QED) is 0.0261. The van der Waals surface area contributed by atoms with Crippen LogP contribution in [-0.4, -0.2) is 37.2 Å². The van der Waals surface area contributed by atoms with E-state index >= 15 is 0 Å². The van der Waals surface area contributed by atoms with Gasteiger partial charge < -0.3 is 14.2 Å². The Kier molecular flexibility index (Phi) is 65.2. The average molecular weight is 1130 g/mol. The van der Waals surface area contributed by atoms with Crippen LogP contribution in [0.2, 0.25) is 0 Å². The standard InChI is InChI=1S/C75H128O6/c1-4-7-10-13-16-19-22-25-28-31-33-35-37-39-41-44-47-50-53-56-59-62-65-68-74(77)80-71-72(70-79-73(76)67-64-61-58-55-52-49-46-43-30-27-24-21-18-15-12-9-6-3)81-75(78)69-66-63-60-57-54-51-48-45-42-40-38-36-34-32-29-26-23-20-17-14-11-8-5-2/h7,10,16,19,23,25-28,30,32-35,39,41,47,50,72H,4-6,8-9,11-15,17-18,20-22,24,29,31,36-38,40,42-46,48-49,51-71H2,1-3H3/b10-7-,19-16-,26-23-,28-25-,30-27-,34-32-,35-33-,41-39-,50-47-. The lowest BCUT2D eigenvalue weighted by Gasteiger charge is -2.18. The van der Waals surface area contributed by atoms with Crippen molar-refractivity contribution >= 4 is 17.9 Å². The number of hydrogen-bond donors (Lipinski definition) is 0. The number of ether oxygens (including phenoxy) is 3. The van der Waals surface area contributed by atoms with Crippen molar-refractivity contribution in [2.45, 2.75) is 335 Å². The highest BCUT2D eigenvalue weighted by Crippen LogP contribution is 2.16. The van der Waals surface area contributed by atoms with Gasteiger partial charge in [-0.25, -0.2) is 0 Å². The van der Waals surface area contributed by atoms with Crippen molar-refractivity contribution in [1.29, 1.82) is 0 Å². The number of allylic oxidation sites excluding steroid dienone is 18. The summed E-state index contributed by atoms with van der Waals surface area (Å²) in [7, 11) is 0. The number of carbonyl (C=O) groups is 3. The van der Waals surface area contributed by atoms with Crippen LogP contribution in [0.3, 0.4) is 0 Å². The van der Waals surface area contributed by atoms with Crippen LogP contribution in [0.1, 0.15) is 329 Å². The van der Waals surface area contributed by atoms with Gasteiger partial charge in [-0.3, -0.25) is 14.4 Å². The first-order valence-corrected chi connectivity index (χ1v) is 34.4. The number of unbranched alkanes of at least 4 members (excludes halogenated alkanes) is 33. The molecule has 0 rings (SSSR count). The van der Waals surface area contributed by atoms with Gasteiger partial charge in [-0.1, -0.05) is 291 Å². The molecule has 0 saturated carbocycles. The summed E-state index contributed by atoms with van der Waals surface area (Å²) in [6.07, 6.45) is 93.8. The fourth-order valence-electron chi connectivity index (χ4n) is 9.59. The van der Waals surface area contributed by atoms with E-state index in [0.29, 0.717) is 19.3 Å². The van der Waals surface area contributed by atoms with Crippen molar-refractivity contribution in [3.63, 3.8) is 0 Å². The van der Waals surface area contributed by atoms with Crippen molar-refractivity contribution in [3.05, 3.63) is 109 Å². The summed E-state index contributed by atoms with van der Waals surface area (Å²) in [4.78, 5) is 38.5. The molecule has 1 unspecified atom stereocenters. The fraction of sp³-hybridized carbons (Fsp3) is 0.720. The van der Waals surface area contributed by atoms with Gasteiger partial charge in [0.05, 0.1) is 0 Å². The van der Waals surface area contributed by atoms with Crippen molar-refractivity contribution < 1.29 is 28.6 Å². The molecule has 81 heavy (non-hydrogen) atoms. The number of esters is 3. The predicted octanol–water partition coefficient (Wildman–Crippen LogP) is 23.8. The minimum atomic E-state index is -0.796. The van der Waals surface area contributed by atoms with Crippen molar-refractivity contribution in [2.75, 3.05) is 13.2 Å². The van der Waals surface area contributed by atoms with E-state index in [1.807, 2.05) is 0 Å². The molecule has 0 radical (unpaired) electrons. The first-order chi connectivity index (χ1) is 40.0. The van der Waals surface area contributed by atoms with Gasteiger partial charge in [-0.15, -0.1) is 0 Å². The summed E-state index contributed by atoms with van der Waals surface area (Å²) in [6.45, 7) is 6.52. The molecule has 0 amide bonds. The van der Waals surface area contributed by atoms with Crippen molar-refractivity contribution in [1.82, 2.24) is 0 Å². The van der Waals surface area contributed by atoms with Crippen LogP contribution in [0.5, 0.6) is 0 Å². The molecule has 0 fully saturated rings. The third-order valence-electron chi connectivity index (χ3n) is 14.7. The Balaban J connectivity index is 4.43. The lowest BCUT2D eigenvalue weighted by Crippen LogP contribution is -2.30. The van der Waals surface area contributed by atoms with E-state index in [4.69, 9.17) is 14.2 Å². The van der Waals surface area contributed by atoms with Gasteiger partial charge >= 0.3 is 17.9 Å². The van der Waals surface area contributed by atoms with Crippen LogP contribution < -0.4 is 0 Å². The molecule has 0 aliphatic carbocycles. The Bertz CT molecular complexity index is 1620. The molecular formula is C75H128O6. The molecule has 0 heterocycles. The number of carbonyl (C=O) groups excluding carboxylic acids is 3. The summed E-state index contributed by atoms with van der Waals surface area (Å²) < 4.78 is 17.0. The van der Waals surface area contributed by atoms with Gasteiger partial charge in [0.2, 0.25) is 0 Å². The Hall–Kier alpha value is -3.93. The van der Waals surface area contributed by atoms with Gasteiger partial charge in [0.15, 0.2) is 6.10 Å². The van der Waals surface area contributed by atoms with Crippen molar-refractivity contribution in [3.8, 4) is 0 Å². The maximum Gasteiger partial charge on any atom is 0.306 e. The van der Waals surface area contributed by atoms with Crippen LogP contribution in [0.4, 0.5) is 0 Å². The monoisotopic (exact) mass is 1120 g/mol. The van der Waals surface area contributed by atoms with Crippen LogP contribution >= 0.6 is 0 Å². The molecule has 0 N–H and O–H groups in total. The smallest absolute Gasteiger partial charge is 0.306 e. The summed E-state index contributed by atoms with van der Waals surface area (Å²) >= 11 is 0. The molecule has 0 aliphatic heterocycles. The minimum Gasteiger partial charge on any atom is -0.462 e. The Labute approximate surface area is 501 Å². The highest BCUT2D eigenvalue weighted by molar-refractivity contribution is 5.71. The van der Waals surface area contributed by atoms with Crippen molar-refractivity contribution in [2.24, 2.45) is 0 Å². The second kappa shape index (κ2) is 68.6. The Morgan fingerprint density at radius 2 is 0.481 bits per heavy atom. The van der Waals surface area contributed by atoms with E-state index in [0.717, 1.165) is 116 Å². The first-order valence-electron chi connectivity index (χ1n) is 34.4. The van der Waals surface area contributed by atoms with E-state index in [1.165, 1.54) is 173 Å². The zero-order valence-corrected chi connectivity index (χ0v) is 53.3. The van der Waals surface area contributed by atoms with E-state index in [9.17, 15) is 14.4 Å². The third-order valence-corrected chi connectivity index (χ3v) is 14.7. The summed E-state index contributed by atoms with van der Waals surface area (Å²) in [5.74, 6) is -0.909. The summed E-state index contributed by atoms with van der Waals surface area (Å²) in [5.41, 5.74) is 0. The SMILES string of the molecule is CC/C=C\C/C=C\C/C=C\C/C=C\C/C=C\C/C=C\CCCCCCC(=O)OCC(COC(=O)CCCCCCCCC/C=C\CCCCCCCC)OC(=O)CCCCCCCCCCCCC/C=C\C/C=C\CCCCCCC. The minimum absolute atomic E-state index is 0.0892. The number of rotatable bonds is 62. The molecule has 6 heteroatoms. The second-order valence-corrected chi connectivity index (χ2v) is 22.7. The van der Waals surface area contributed by atoms with E-state index in [2.05, 4.69) is 130 Å². The highest BCUT2D eigenvalue weighted by Gasteiger charge is 2.19. The highest BCUT2D eigenvalue weighted by atomic mass is 16.6. The zero-order chi connectivity index (χ0) is 58.5. The third kappa shape index (κ3) is 66.8. The Morgan fingerprint density at radius 1 is 0.259 bits per heavy atom. The molecule has 0 aromatic heterocycles. The molecular weight excluding hydrogens is 997 g/mol. The molecule has 0 bridgehead atoms. The number of hydrogen-bond acceptors (Lipinski definition) is 6. The van der Waals surface area contributed by atoms with Crippen LogP contribution in [-0.2, 0) is 28.6 Å². The van der Waals surface area contributed by atoms with E-state index in [1.54, 1.807) is 0 Å². The van der Waals surface area contributed by atoms with Crippen LogP contribution in [0.25, 0.3) is 0 Å². The molecule has 0 aromatic carbocycles. The van der Waals surface area contributed by atoms with Gasteiger partial charge in [-0.05, 0) is 128 Å². The Morgan fingerprint density at radius 3 is 0.765 bits per heavy atom. The molecule has 0 spiro atoms. The van der Waals surface area contributed by atoms with Gasteiger partial charge in [-0.2, -0.15) is 0 Å². The molecule has 464 valence electrons. The zero-order valence-electron chi connectivity index (χ0n) is 53.3. The largest absolute Gasteiger partial charge is 0.462 e. The molecule has 0 aromatic rings. The fourth-order valence-corrected chi connectivity index (χ4v) is 9.59. The van der Waals surface area contributed by atoms with Gasteiger partial charge in [0.25, 0.3) is 0 Å². The average Bonchev–Trinajstić information content (AvgIpc) is 3.47. The molecule has 0 saturated heterocycles. The first kappa shape index (κ1) is 77.1. The molecule has 1 atom stereocenters.